The van der Waals surface area contributed by atoms with E-state index in [4.69, 9.17) is 19.6 Å². The van der Waals surface area contributed by atoms with Crippen molar-refractivity contribution in [1.29, 1.82) is 0 Å². The van der Waals surface area contributed by atoms with Crippen molar-refractivity contribution in [2.24, 2.45) is 0 Å². The lowest BCUT2D eigenvalue weighted by Crippen LogP contribution is -2.35. The summed E-state index contributed by atoms with van der Waals surface area (Å²) in [5, 5.41) is 8.08. The maximum absolute atomic E-state index is 11.6. The number of carbonyl (C=O) groups excluding carboxylic acids is 1. The minimum absolute atomic E-state index is 0.00547. The lowest BCUT2D eigenvalue weighted by atomic mass is 10.1. The minimum Gasteiger partial charge on any atom is -0.493 e. The number of nitrogens with one attached hydrogen (secondary N) is 1. The molecule has 2 aromatic heterocycles. The monoisotopic (exact) mass is 471 g/mol. The quantitative estimate of drug-likeness (QED) is 0.456. The Bertz CT molecular complexity index is 1380. The Balaban J connectivity index is 1.69. The van der Waals surface area contributed by atoms with Crippen LogP contribution >= 0.6 is 0 Å². The summed E-state index contributed by atoms with van der Waals surface area (Å²) < 4.78 is 12.9. The van der Waals surface area contributed by atoms with Gasteiger partial charge in [-0.3, -0.25) is 4.79 Å². The highest BCUT2D eigenvalue weighted by atomic mass is 16.5. The average Bonchev–Trinajstić information content (AvgIpc) is 3.46. The SMILES string of the molecule is COc1ccc(-c2c(C)nc3c(N4CC[C@@H](NC(C)=O)C4)cc(-c4ccccc4)nn23)cc1OC. The number of amides is 1. The third kappa shape index (κ3) is 4.27. The topological polar surface area (TPSA) is 81.0 Å². The zero-order valence-electron chi connectivity index (χ0n) is 20.4. The molecular weight excluding hydrogens is 442 g/mol. The summed E-state index contributed by atoms with van der Waals surface area (Å²) in [4.78, 5) is 18.9. The van der Waals surface area contributed by atoms with Crippen LogP contribution in [0.5, 0.6) is 11.5 Å². The van der Waals surface area contributed by atoms with Gasteiger partial charge in [0.2, 0.25) is 5.91 Å². The molecule has 2 aromatic carbocycles. The zero-order valence-corrected chi connectivity index (χ0v) is 20.4. The van der Waals surface area contributed by atoms with Crippen molar-refractivity contribution in [1.82, 2.24) is 19.9 Å². The fraction of sp³-hybridized carbons (Fsp3) is 0.296. The molecule has 0 spiro atoms. The molecule has 180 valence electrons. The molecular formula is C27H29N5O3. The number of rotatable bonds is 6. The highest BCUT2D eigenvalue weighted by Gasteiger charge is 2.27. The van der Waals surface area contributed by atoms with Gasteiger partial charge in [0.25, 0.3) is 0 Å². The summed E-state index contributed by atoms with van der Waals surface area (Å²) in [5.74, 6) is 1.31. The average molecular weight is 472 g/mol. The van der Waals surface area contributed by atoms with Gasteiger partial charge in [-0.05, 0) is 37.6 Å². The number of aryl methyl sites for hydroxylation is 1. The predicted molar refractivity (Wildman–Crippen MR) is 136 cm³/mol. The van der Waals surface area contributed by atoms with Gasteiger partial charge in [-0.15, -0.1) is 0 Å². The highest BCUT2D eigenvalue weighted by molar-refractivity contribution is 5.80. The van der Waals surface area contributed by atoms with Crippen molar-refractivity contribution in [3.8, 4) is 34.0 Å². The third-order valence-corrected chi connectivity index (χ3v) is 6.40. The molecule has 1 amide bonds. The molecule has 35 heavy (non-hydrogen) atoms. The maximum Gasteiger partial charge on any atom is 0.217 e. The number of nitrogens with zero attached hydrogens (tertiary/aromatic N) is 4. The molecule has 3 heterocycles. The van der Waals surface area contributed by atoms with E-state index >= 15 is 0 Å². The molecule has 1 aliphatic rings. The van der Waals surface area contributed by atoms with Gasteiger partial charge < -0.3 is 19.7 Å². The van der Waals surface area contributed by atoms with Crippen molar-refractivity contribution in [3.05, 3.63) is 60.3 Å². The number of fused-ring (bicyclic) bond motifs is 1. The van der Waals surface area contributed by atoms with Crippen LogP contribution in [0, 0.1) is 6.92 Å². The Morgan fingerprint density at radius 3 is 2.51 bits per heavy atom. The van der Waals surface area contributed by atoms with E-state index in [-0.39, 0.29) is 11.9 Å². The molecule has 8 heteroatoms. The van der Waals surface area contributed by atoms with Gasteiger partial charge in [0.05, 0.1) is 37.0 Å². The lowest BCUT2D eigenvalue weighted by molar-refractivity contribution is -0.119. The number of carbonyl (C=O) groups is 1. The van der Waals surface area contributed by atoms with Crippen molar-refractivity contribution < 1.29 is 14.3 Å². The second-order valence-electron chi connectivity index (χ2n) is 8.76. The highest BCUT2D eigenvalue weighted by Crippen LogP contribution is 2.37. The van der Waals surface area contributed by atoms with Gasteiger partial charge in [-0.25, -0.2) is 9.50 Å². The van der Waals surface area contributed by atoms with Crippen LogP contribution in [0.15, 0.2) is 54.6 Å². The summed E-state index contributed by atoms with van der Waals surface area (Å²) in [6.45, 7) is 5.12. The number of aromatic nitrogens is 3. The Labute approximate surface area is 204 Å². The van der Waals surface area contributed by atoms with Gasteiger partial charge in [-0.1, -0.05) is 30.3 Å². The molecule has 1 N–H and O–H groups in total. The van der Waals surface area contributed by atoms with E-state index in [9.17, 15) is 4.79 Å². The second kappa shape index (κ2) is 9.29. The van der Waals surface area contributed by atoms with E-state index in [2.05, 4.69) is 28.4 Å². The van der Waals surface area contributed by atoms with Crippen LogP contribution < -0.4 is 19.7 Å². The van der Waals surface area contributed by atoms with E-state index in [0.717, 1.165) is 59.1 Å². The molecule has 1 aliphatic heterocycles. The Morgan fingerprint density at radius 1 is 1.03 bits per heavy atom. The molecule has 1 saturated heterocycles. The largest absolute Gasteiger partial charge is 0.493 e. The Kier molecular flexibility index (Phi) is 6.03. The van der Waals surface area contributed by atoms with Crippen LogP contribution in [-0.4, -0.2) is 53.9 Å². The predicted octanol–water partition coefficient (Wildman–Crippen LogP) is 4.10. The first kappa shape index (κ1) is 22.7. The molecule has 4 aromatic rings. The van der Waals surface area contributed by atoms with E-state index in [0.29, 0.717) is 11.5 Å². The lowest BCUT2D eigenvalue weighted by Gasteiger charge is -2.20. The van der Waals surface area contributed by atoms with Crippen LogP contribution in [0.1, 0.15) is 19.0 Å². The number of methoxy groups -OCH3 is 2. The van der Waals surface area contributed by atoms with E-state index in [1.165, 1.54) is 0 Å². The third-order valence-electron chi connectivity index (χ3n) is 6.40. The maximum atomic E-state index is 11.6. The molecule has 1 fully saturated rings. The molecule has 0 bridgehead atoms. The van der Waals surface area contributed by atoms with Gasteiger partial charge in [0.1, 0.15) is 0 Å². The van der Waals surface area contributed by atoms with Crippen LogP contribution in [0.4, 0.5) is 5.69 Å². The van der Waals surface area contributed by atoms with E-state index in [1.807, 2.05) is 47.8 Å². The standard InChI is InChI=1S/C27H29N5O3/c1-17-26(20-10-11-24(34-3)25(14-20)35-4)32-27(28-17)23(31-13-12-21(16-31)29-18(2)33)15-22(30-32)19-8-6-5-7-9-19/h5-11,14-15,21H,12-13,16H2,1-4H3,(H,29,33)/t21-/m1/s1. The zero-order chi connectivity index (χ0) is 24.5. The van der Waals surface area contributed by atoms with Crippen molar-refractivity contribution in [2.75, 3.05) is 32.2 Å². The van der Waals surface area contributed by atoms with Crippen molar-refractivity contribution in [2.45, 2.75) is 26.3 Å². The first-order valence-electron chi connectivity index (χ1n) is 11.7. The van der Waals surface area contributed by atoms with Crippen LogP contribution in [0.25, 0.3) is 28.2 Å². The van der Waals surface area contributed by atoms with Gasteiger partial charge in [0.15, 0.2) is 17.1 Å². The normalized spacial score (nSPS) is 15.4. The fourth-order valence-corrected chi connectivity index (χ4v) is 4.79. The second-order valence-corrected chi connectivity index (χ2v) is 8.76. The molecule has 1 atom stereocenters. The van der Waals surface area contributed by atoms with Crippen molar-refractivity contribution in [3.63, 3.8) is 0 Å². The minimum atomic E-state index is -0.00547. The summed E-state index contributed by atoms with van der Waals surface area (Å²) >= 11 is 0. The van der Waals surface area contributed by atoms with E-state index in [1.54, 1.807) is 21.1 Å². The molecule has 0 radical (unpaired) electrons. The summed E-state index contributed by atoms with van der Waals surface area (Å²) in [7, 11) is 3.26. The number of hydrogen-bond acceptors (Lipinski definition) is 6. The number of ether oxygens (including phenoxy) is 2. The molecule has 0 saturated carbocycles. The van der Waals surface area contributed by atoms with Crippen LogP contribution in [0.3, 0.4) is 0 Å². The first-order chi connectivity index (χ1) is 17.0. The molecule has 8 nitrogen and oxygen atoms in total. The fourth-order valence-electron chi connectivity index (χ4n) is 4.79. The summed E-state index contributed by atoms with van der Waals surface area (Å²) in [6, 6.07) is 18.2. The summed E-state index contributed by atoms with van der Waals surface area (Å²) in [5.41, 5.74) is 6.38. The molecule has 5 rings (SSSR count). The van der Waals surface area contributed by atoms with Gasteiger partial charge in [0, 0.05) is 37.2 Å². The first-order valence-corrected chi connectivity index (χ1v) is 11.7. The van der Waals surface area contributed by atoms with Crippen LogP contribution in [0.2, 0.25) is 0 Å². The smallest absolute Gasteiger partial charge is 0.217 e. The molecule has 0 aliphatic carbocycles. The molecule has 0 unspecified atom stereocenters. The van der Waals surface area contributed by atoms with Gasteiger partial charge >= 0.3 is 0 Å². The Morgan fingerprint density at radius 2 is 1.80 bits per heavy atom. The van der Waals surface area contributed by atoms with E-state index < -0.39 is 0 Å². The number of benzene rings is 2. The van der Waals surface area contributed by atoms with Gasteiger partial charge in [-0.2, -0.15) is 5.10 Å². The Hall–Kier alpha value is -4.07. The number of anilines is 1. The number of hydrogen-bond donors (Lipinski definition) is 1. The number of imidazole rings is 1. The summed E-state index contributed by atoms with van der Waals surface area (Å²) in [6.07, 6.45) is 0.886. The van der Waals surface area contributed by atoms with Crippen LogP contribution in [-0.2, 0) is 4.79 Å². The van der Waals surface area contributed by atoms with Crippen molar-refractivity contribution >= 4 is 17.2 Å².